The number of anilines is 3. The molecule has 0 spiro atoms. The molecule has 1 amide bonds. The van der Waals surface area contributed by atoms with E-state index in [-0.39, 0.29) is 21.3 Å². The maximum Gasteiger partial charge on any atom is 0.277 e. The number of aromatic nitrogens is 3. The highest BCUT2D eigenvalue weighted by atomic mass is 32.1. The van der Waals surface area contributed by atoms with Crippen LogP contribution in [0.5, 0.6) is 0 Å². The highest BCUT2D eigenvalue weighted by Gasteiger charge is 2.38. The number of nitrogens with zero attached hydrogens (tertiary/aromatic N) is 4. The van der Waals surface area contributed by atoms with Crippen LogP contribution >= 0.6 is 11.3 Å². The van der Waals surface area contributed by atoms with E-state index in [9.17, 15) is 13.6 Å². The average Bonchev–Trinajstić information content (AvgIpc) is 3.46. The van der Waals surface area contributed by atoms with Crippen LogP contribution in [0.4, 0.5) is 25.3 Å². The number of nitrogens with one attached hydrogen (secondary N) is 2. The van der Waals surface area contributed by atoms with Gasteiger partial charge in [0.1, 0.15) is 27.3 Å². The molecule has 0 unspecified atom stereocenters. The number of aryl methyl sites for hydroxylation is 1. The lowest BCUT2D eigenvalue weighted by Crippen LogP contribution is -2.28. The summed E-state index contributed by atoms with van der Waals surface area (Å²) in [6.07, 6.45) is 1.58. The largest absolute Gasteiger partial charge is 0.389 e. The number of halogens is 2. The van der Waals surface area contributed by atoms with Crippen molar-refractivity contribution in [2.24, 2.45) is 18.9 Å². The van der Waals surface area contributed by atoms with Crippen molar-refractivity contribution in [1.82, 2.24) is 20.1 Å². The first-order valence-corrected chi connectivity index (χ1v) is 10.7. The molecule has 0 bridgehead atoms. The number of carbonyl (C=O) groups is 1. The van der Waals surface area contributed by atoms with Gasteiger partial charge in [-0.05, 0) is 24.0 Å². The van der Waals surface area contributed by atoms with E-state index in [2.05, 4.69) is 25.6 Å². The van der Waals surface area contributed by atoms with Crippen LogP contribution in [0.25, 0.3) is 10.6 Å². The fourth-order valence-electron chi connectivity index (χ4n) is 4.41. The van der Waals surface area contributed by atoms with Crippen LogP contribution in [-0.4, -0.2) is 46.9 Å². The molecule has 2 aliphatic rings. The van der Waals surface area contributed by atoms with Gasteiger partial charge in [-0.25, -0.2) is 13.8 Å². The molecule has 2 aliphatic heterocycles. The van der Waals surface area contributed by atoms with Crippen molar-refractivity contribution in [3.8, 4) is 10.6 Å². The molecule has 3 aromatic rings. The summed E-state index contributed by atoms with van der Waals surface area (Å²) in [6, 6.07) is 3.54. The van der Waals surface area contributed by atoms with Crippen LogP contribution in [0.15, 0.2) is 24.4 Å². The van der Waals surface area contributed by atoms with Gasteiger partial charge in [-0.2, -0.15) is 5.10 Å². The fraction of sp³-hybridized carbons (Fsp3) is 0.350. The summed E-state index contributed by atoms with van der Waals surface area (Å²) >= 11 is 0.868. The number of carbonyl (C=O) groups excluding carboxylic acids is 1. The Morgan fingerprint density at radius 1 is 1.26 bits per heavy atom. The van der Waals surface area contributed by atoms with Crippen LogP contribution in [0.3, 0.4) is 0 Å². The predicted octanol–water partition coefficient (Wildman–Crippen LogP) is 2.31. The number of amides is 1. The third-order valence-electron chi connectivity index (χ3n) is 5.89. The normalized spacial score (nSPS) is 20.3. The summed E-state index contributed by atoms with van der Waals surface area (Å²) in [6.45, 7) is 3.75. The van der Waals surface area contributed by atoms with Crippen molar-refractivity contribution in [3.63, 3.8) is 0 Å². The highest BCUT2D eigenvalue weighted by molar-refractivity contribution is 7.19. The molecule has 2 fully saturated rings. The van der Waals surface area contributed by atoms with E-state index in [0.717, 1.165) is 55.5 Å². The Bertz CT molecular complexity index is 1130. The second-order valence-electron chi connectivity index (χ2n) is 7.87. The Kier molecular flexibility index (Phi) is 4.86. The lowest BCUT2D eigenvalue weighted by Gasteiger charge is -2.21. The molecule has 31 heavy (non-hydrogen) atoms. The van der Waals surface area contributed by atoms with Crippen LogP contribution in [-0.2, 0) is 7.05 Å². The van der Waals surface area contributed by atoms with E-state index < -0.39 is 17.5 Å². The molecular formula is C20H21F2N7OS. The molecular weight excluding hydrogens is 424 g/mol. The first-order chi connectivity index (χ1) is 14.9. The summed E-state index contributed by atoms with van der Waals surface area (Å²) in [7, 11) is 1.83. The van der Waals surface area contributed by atoms with Crippen molar-refractivity contribution in [1.29, 1.82) is 0 Å². The Labute approximate surface area is 181 Å². The molecule has 162 valence electrons. The lowest BCUT2D eigenvalue weighted by molar-refractivity contribution is 0.102. The zero-order chi connectivity index (χ0) is 21.7. The number of hydrogen-bond acceptors (Lipinski definition) is 7. The summed E-state index contributed by atoms with van der Waals surface area (Å²) in [5, 5.41) is 10.6. The van der Waals surface area contributed by atoms with E-state index in [1.165, 1.54) is 6.07 Å². The molecule has 4 N–H and O–H groups in total. The van der Waals surface area contributed by atoms with Crippen LogP contribution in [0, 0.1) is 23.5 Å². The maximum absolute atomic E-state index is 14.1. The monoisotopic (exact) mass is 445 g/mol. The van der Waals surface area contributed by atoms with Gasteiger partial charge in [-0.1, -0.05) is 17.4 Å². The Hall–Kier alpha value is -3.05. The third kappa shape index (κ3) is 3.43. The molecule has 2 aromatic heterocycles. The van der Waals surface area contributed by atoms with Crippen molar-refractivity contribution < 1.29 is 13.6 Å². The van der Waals surface area contributed by atoms with Gasteiger partial charge in [0.05, 0.1) is 11.8 Å². The molecule has 0 aliphatic carbocycles. The number of fused-ring (bicyclic) bond motifs is 1. The summed E-state index contributed by atoms with van der Waals surface area (Å²) in [4.78, 5) is 19.3. The van der Waals surface area contributed by atoms with Crippen molar-refractivity contribution in [2.45, 2.75) is 0 Å². The van der Waals surface area contributed by atoms with E-state index >= 15 is 0 Å². The molecule has 2 saturated heterocycles. The van der Waals surface area contributed by atoms with Gasteiger partial charge in [0, 0.05) is 33.2 Å². The topological polar surface area (TPSA) is 101 Å². The molecule has 4 heterocycles. The Morgan fingerprint density at radius 2 is 1.94 bits per heavy atom. The van der Waals surface area contributed by atoms with Gasteiger partial charge in [-0.15, -0.1) is 0 Å². The quantitative estimate of drug-likeness (QED) is 0.570. The number of nitrogen functional groups attached to an aromatic ring is 1. The van der Waals surface area contributed by atoms with Crippen molar-refractivity contribution in [3.05, 3.63) is 41.7 Å². The number of rotatable bonds is 4. The first kappa shape index (κ1) is 19.9. The highest BCUT2D eigenvalue weighted by Crippen LogP contribution is 2.36. The van der Waals surface area contributed by atoms with Crippen LogP contribution in [0.1, 0.15) is 10.5 Å². The van der Waals surface area contributed by atoms with Gasteiger partial charge in [0.2, 0.25) is 0 Å². The molecule has 0 saturated carbocycles. The van der Waals surface area contributed by atoms with Gasteiger partial charge < -0.3 is 21.3 Å². The number of hydrogen-bond donors (Lipinski definition) is 3. The smallest absolute Gasteiger partial charge is 0.277 e. The molecule has 8 nitrogen and oxygen atoms in total. The number of nitrogens with two attached hydrogens (primary N) is 1. The minimum Gasteiger partial charge on any atom is -0.389 e. The average molecular weight is 445 g/mol. The SMILES string of the molecule is Cn1ncc(NC(=O)c2nc(-c3c(F)cccc3F)sc2N)c1N1C[C@H]2CNC[C@H]2C1. The van der Waals surface area contributed by atoms with Crippen LogP contribution in [0.2, 0.25) is 0 Å². The molecule has 0 radical (unpaired) electrons. The van der Waals surface area contributed by atoms with Crippen molar-refractivity contribution >= 4 is 33.8 Å². The zero-order valence-electron chi connectivity index (χ0n) is 16.7. The second kappa shape index (κ2) is 7.57. The summed E-state index contributed by atoms with van der Waals surface area (Å²) in [5.41, 5.74) is 6.16. The fourth-order valence-corrected chi connectivity index (χ4v) is 5.29. The van der Waals surface area contributed by atoms with Gasteiger partial charge >= 0.3 is 0 Å². The molecule has 1 aromatic carbocycles. The number of benzene rings is 1. The molecule has 5 rings (SSSR count). The third-order valence-corrected chi connectivity index (χ3v) is 6.79. The summed E-state index contributed by atoms with van der Waals surface area (Å²) < 4.78 is 30.0. The van der Waals surface area contributed by atoms with Gasteiger partial charge in [0.15, 0.2) is 11.5 Å². The molecule has 2 atom stereocenters. The zero-order valence-corrected chi connectivity index (χ0v) is 17.5. The Morgan fingerprint density at radius 3 is 2.61 bits per heavy atom. The summed E-state index contributed by atoms with van der Waals surface area (Å²) in [5.74, 6) is -0.102. The Balaban J connectivity index is 1.40. The minimum atomic E-state index is -0.760. The van der Waals surface area contributed by atoms with Crippen LogP contribution < -0.4 is 21.3 Å². The van der Waals surface area contributed by atoms with Gasteiger partial charge in [-0.3, -0.25) is 9.48 Å². The predicted molar refractivity (Wildman–Crippen MR) is 115 cm³/mol. The number of thiazole rings is 1. The van der Waals surface area contributed by atoms with Crippen molar-refractivity contribution in [2.75, 3.05) is 42.1 Å². The first-order valence-electron chi connectivity index (χ1n) is 9.92. The van der Waals surface area contributed by atoms with E-state index in [0.29, 0.717) is 17.5 Å². The van der Waals surface area contributed by atoms with E-state index in [1.807, 2.05) is 7.05 Å². The minimum absolute atomic E-state index is 0.0181. The lowest BCUT2D eigenvalue weighted by atomic mass is 10.0. The van der Waals surface area contributed by atoms with Gasteiger partial charge in [0.25, 0.3) is 5.91 Å². The standard InChI is InChI=1S/C20H21F2N7OS/c1-28-20(29-8-10-5-24-6-11(10)9-29)14(7-25-28)26-18(30)16-17(23)31-19(27-16)15-12(21)3-2-4-13(15)22/h2-4,7,10-11,24H,5-6,8-9,23H2,1H3,(H,26,30)/t10-,11+. The second-order valence-corrected chi connectivity index (χ2v) is 8.90. The maximum atomic E-state index is 14.1. The van der Waals surface area contributed by atoms with E-state index in [4.69, 9.17) is 5.73 Å². The van der Waals surface area contributed by atoms with E-state index in [1.54, 1.807) is 10.9 Å². The molecule has 11 heteroatoms.